The van der Waals surface area contributed by atoms with E-state index in [0.29, 0.717) is 26.2 Å². The van der Waals surface area contributed by atoms with Crippen LogP contribution in [-0.4, -0.2) is 60.5 Å². The van der Waals surface area contributed by atoms with Gasteiger partial charge in [-0.3, -0.25) is 19.4 Å². The molecule has 0 radical (unpaired) electrons. The van der Waals surface area contributed by atoms with Gasteiger partial charge >= 0.3 is 0 Å². The minimum Gasteiger partial charge on any atom is -0.379 e. The van der Waals surface area contributed by atoms with Crippen molar-refractivity contribution in [2.24, 2.45) is 0 Å². The zero-order valence-electron chi connectivity index (χ0n) is 9.22. The van der Waals surface area contributed by atoms with Crippen molar-refractivity contribution in [2.75, 3.05) is 32.8 Å². The van der Waals surface area contributed by atoms with E-state index in [1.54, 1.807) is 6.08 Å². The average molecular weight is 224 g/mol. The highest BCUT2D eigenvalue weighted by molar-refractivity contribution is 6.05. The molecule has 2 amide bonds. The molecule has 1 atom stereocenters. The Morgan fingerprint density at radius 2 is 2.06 bits per heavy atom. The molecule has 0 unspecified atom stereocenters. The smallest absolute Gasteiger partial charge is 0.247 e. The quantitative estimate of drug-likeness (QED) is 0.485. The number of imide groups is 1. The molecule has 0 aliphatic carbocycles. The molecule has 0 aromatic carbocycles. The monoisotopic (exact) mass is 224 g/mol. The number of hydrogen-bond acceptors (Lipinski definition) is 4. The Balaban J connectivity index is 2.04. The van der Waals surface area contributed by atoms with E-state index in [4.69, 9.17) is 4.74 Å². The summed E-state index contributed by atoms with van der Waals surface area (Å²) in [5.74, 6) is -0.187. The number of nitrogens with zero attached hydrogens (tertiary/aromatic N) is 2. The second kappa shape index (κ2) is 4.76. The molecule has 2 saturated heterocycles. The number of ether oxygens (including phenoxy) is 1. The summed E-state index contributed by atoms with van der Waals surface area (Å²) in [6.07, 6.45) is 1.88. The number of rotatable bonds is 3. The first-order valence-electron chi connectivity index (χ1n) is 5.51. The molecule has 0 aromatic heterocycles. The van der Waals surface area contributed by atoms with Gasteiger partial charge in [-0.2, -0.15) is 0 Å². The molecule has 0 saturated carbocycles. The van der Waals surface area contributed by atoms with Gasteiger partial charge in [-0.05, 0) is 0 Å². The van der Waals surface area contributed by atoms with Gasteiger partial charge in [0.1, 0.15) is 0 Å². The molecule has 2 heterocycles. The SMILES string of the molecule is C=CCN1C(=O)C[C@H](N2CCOCC2)C1=O. The van der Waals surface area contributed by atoms with Crippen molar-refractivity contribution in [3.8, 4) is 0 Å². The Morgan fingerprint density at radius 1 is 1.38 bits per heavy atom. The molecular weight excluding hydrogens is 208 g/mol. The summed E-state index contributed by atoms with van der Waals surface area (Å²) in [6.45, 7) is 6.60. The Hall–Kier alpha value is -1.20. The molecule has 0 N–H and O–H groups in total. The number of morpholine rings is 1. The second-order valence-electron chi connectivity index (χ2n) is 4.00. The largest absolute Gasteiger partial charge is 0.379 e. The minimum absolute atomic E-state index is 0.0909. The van der Waals surface area contributed by atoms with Crippen molar-refractivity contribution in [2.45, 2.75) is 12.5 Å². The third-order valence-electron chi connectivity index (χ3n) is 3.02. The highest BCUT2D eigenvalue weighted by Gasteiger charge is 2.41. The summed E-state index contributed by atoms with van der Waals surface area (Å²) in [6, 6.07) is -0.281. The summed E-state index contributed by atoms with van der Waals surface area (Å²) in [4.78, 5) is 26.9. The van der Waals surface area contributed by atoms with Crippen molar-refractivity contribution < 1.29 is 14.3 Å². The lowest BCUT2D eigenvalue weighted by atomic mass is 10.2. The predicted octanol–water partition coefficient (Wildman–Crippen LogP) is -0.368. The zero-order chi connectivity index (χ0) is 11.5. The maximum Gasteiger partial charge on any atom is 0.247 e. The van der Waals surface area contributed by atoms with Gasteiger partial charge in [0.25, 0.3) is 0 Å². The van der Waals surface area contributed by atoms with E-state index >= 15 is 0 Å². The van der Waals surface area contributed by atoms with Crippen LogP contribution in [-0.2, 0) is 14.3 Å². The van der Waals surface area contributed by atoms with Crippen LogP contribution in [0.4, 0.5) is 0 Å². The first-order chi connectivity index (χ1) is 7.74. The molecule has 88 valence electrons. The maximum absolute atomic E-state index is 12.0. The van der Waals surface area contributed by atoms with Crippen LogP contribution in [0.15, 0.2) is 12.7 Å². The van der Waals surface area contributed by atoms with Crippen molar-refractivity contribution in [1.82, 2.24) is 9.80 Å². The summed E-state index contributed by atoms with van der Waals surface area (Å²) >= 11 is 0. The first-order valence-corrected chi connectivity index (χ1v) is 5.51. The second-order valence-corrected chi connectivity index (χ2v) is 4.00. The predicted molar refractivity (Wildman–Crippen MR) is 57.7 cm³/mol. The van der Waals surface area contributed by atoms with Crippen LogP contribution in [0.25, 0.3) is 0 Å². The number of carbonyl (C=O) groups is 2. The number of carbonyl (C=O) groups excluding carboxylic acids is 2. The van der Waals surface area contributed by atoms with E-state index in [1.807, 2.05) is 4.90 Å². The van der Waals surface area contributed by atoms with Gasteiger partial charge in [-0.1, -0.05) is 6.08 Å². The number of hydrogen-bond donors (Lipinski definition) is 0. The standard InChI is InChI=1S/C11H16N2O3/c1-2-3-13-10(14)8-9(11(13)15)12-4-6-16-7-5-12/h2,9H,1,3-8H2/t9-/m0/s1. The van der Waals surface area contributed by atoms with Crippen molar-refractivity contribution >= 4 is 11.8 Å². The molecule has 5 heteroatoms. The normalized spacial score (nSPS) is 27.5. The van der Waals surface area contributed by atoms with Gasteiger partial charge in [0.05, 0.1) is 25.7 Å². The molecule has 0 aromatic rings. The topological polar surface area (TPSA) is 49.9 Å². The van der Waals surface area contributed by atoms with Crippen LogP contribution in [0.1, 0.15) is 6.42 Å². The van der Waals surface area contributed by atoms with Gasteiger partial charge < -0.3 is 4.74 Å². The Morgan fingerprint density at radius 3 is 2.69 bits per heavy atom. The van der Waals surface area contributed by atoms with Crippen LogP contribution in [0.2, 0.25) is 0 Å². The van der Waals surface area contributed by atoms with E-state index in [0.717, 1.165) is 13.1 Å². The van der Waals surface area contributed by atoms with Gasteiger partial charge in [-0.15, -0.1) is 6.58 Å². The van der Waals surface area contributed by atoms with E-state index < -0.39 is 0 Å². The van der Waals surface area contributed by atoms with Crippen molar-refractivity contribution in [3.63, 3.8) is 0 Å². The lowest BCUT2D eigenvalue weighted by molar-refractivity contribution is -0.139. The fourth-order valence-corrected chi connectivity index (χ4v) is 2.16. The molecule has 2 aliphatic heterocycles. The fourth-order valence-electron chi connectivity index (χ4n) is 2.16. The molecule has 2 fully saturated rings. The number of likely N-dealkylation sites (tertiary alicyclic amines) is 1. The lowest BCUT2D eigenvalue weighted by Crippen LogP contribution is -2.47. The Kier molecular flexibility index (Phi) is 3.36. The summed E-state index contributed by atoms with van der Waals surface area (Å²) in [5, 5.41) is 0. The molecule has 2 rings (SSSR count). The van der Waals surface area contributed by atoms with Crippen molar-refractivity contribution in [3.05, 3.63) is 12.7 Å². The van der Waals surface area contributed by atoms with Crippen molar-refractivity contribution in [1.29, 1.82) is 0 Å². The van der Waals surface area contributed by atoms with Gasteiger partial charge in [0.2, 0.25) is 11.8 Å². The van der Waals surface area contributed by atoms with E-state index in [1.165, 1.54) is 4.90 Å². The molecule has 16 heavy (non-hydrogen) atoms. The Bertz CT molecular complexity index is 310. The lowest BCUT2D eigenvalue weighted by Gasteiger charge is -2.30. The summed E-state index contributed by atoms with van der Waals surface area (Å²) in [5.41, 5.74) is 0. The summed E-state index contributed by atoms with van der Waals surface area (Å²) in [7, 11) is 0. The molecule has 0 bridgehead atoms. The fraction of sp³-hybridized carbons (Fsp3) is 0.636. The van der Waals surface area contributed by atoms with Crippen LogP contribution < -0.4 is 0 Å². The van der Waals surface area contributed by atoms with Crippen LogP contribution in [0, 0.1) is 0 Å². The first kappa shape index (κ1) is 11.3. The summed E-state index contributed by atoms with van der Waals surface area (Å²) < 4.78 is 5.23. The van der Waals surface area contributed by atoms with Gasteiger partial charge in [-0.25, -0.2) is 0 Å². The maximum atomic E-state index is 12.0. The highest BCUT2D eigenvalue weighted by Crippen LogP contribution is 2.19. The zero-order valence-corrected chi connectivity index (χ0v) is 9.22. The van der Waals surface area contributed by atoms with E-state index in [2.05, 4.69) is 6.58 Å². The molecule has 5 nitrogen and oxygen atoms in total. The molecule has 2 aliphatic rings. The third kappa shape index (κ3) is 2.01. The van der Waals surface area contributed by atoms with Crippen LogP contribution >= 0.6 is 0 Å². The molecular formula is C11H16N2O3. The van der Waals surface area contributed by atoms with E-state index in [-0.39, 0.29) is 17.9 Å². The minimum atomic E-state index is -0.281. The Labute approximate surface area is 94.6 Å². The van der Waals surface area contributed by atoms with Gasteiger partial charge in [0, 0.05) is 19.6 Å². The third-order valence-corrected chi connectivity index (χ3v) is 3.02. The highest BCUT2D eigenvalue weighted by atomic mass is 16.5. The van der Waals surface area contributed by atoms with Crippen LogP contribution in [0.5, 0.6) is 0 Å². The average Bonchev–Trinajstić information content (AvgIpc) is 2.59. The van der Waals surface area contributed by atoms with E-state index in [9.17, 15) is 9.59 Å². The molecule has 0 spiro atoms. The van der Waals surface area contributed by atoms with Gasteiger partial charge in [0.15, 0.2) is 0 Å². The number of amides is 2. The van der Waals surface area contributed by atoms with Crippen LogP contribution in [0.3, 0.4) is 0 Å².